The molecule has 0 aromatic heterocycles. The Labute approximate surface area is 84.3 Å². The van der Waals surface area contributed by atoms with Crippen LogP contribution in [0.5, 0.6) is 0 Å². The summed E-state index contributed by atoms with van der Waals surface area (Å²) >= 11 is 0. The summed E-state index contributed by atoms with van der Waals surface area (Å²) in [5.41, 5.74) is 0. The fourth-order valence-electron chi connectivity index (χ4n) is 0.213. The van der Waals surface area contributed by atoms with E-state index in [-0.39, 0.29) is 57.7 Å². The second-order valence-corrected chi connectivity index (χ2v) is 1.27. The van der Waals surface area contributed by atoms with E-state index in [4.69, 9.17) is 5.11 Å². The Morgan fingerprint density at radius 1 is 1.50 bits per heavy atom. The zero-order valence-electron chi connectivity index (χ0n) is 3.97. The molecule has 0 unspecified atom stereocenters. The first-order valence-corrected chi connectivity index (χ1v) is 1.84. The van der Waals surface area contributed by atoms with Crippen LogP contribution in [-0.2, 0) is 9.59 Å². The first-order chi connectivity index (χ1) is 3.13. The van der Waals surface area contributed by atoms with Gasteiger partial charge in [0, 0.05) is 0 Å². The van der Waals surface area contributed by atoms with Crippen LogP contribution in [0.4, 0.5) is 0 Å². The maximum absolute atomic E-state index is 9.87. The average molecular weight is 192 g/mol. The van der Waals surface area contributed by atoms with E-state index in [0.29, 0.717) is 0 Å². The van der Waals surface area contributed by atoms with Crippen LogP contribution < -0.4 is 0 Å². The number of aliphatic carboxylic acids is 1. The fourth-order valence-corrected chi connectivity index (χ4v) is 0.213. The molecule has 1 N–H and O–H groups in total. The summed E-state index contributed by atoms with van der Waals surface area (Å²) in [5.74, 6) is -1.37. The molecular formula is C4H8O3Sr. The number of ketones is 1. The summed E-state index contributed by atoms with van der Waals surface area (Å²) in [6.07, 6.45) is -0.361. The topological polar surface area (TPSA) is 54.4 Å². The number of carboxylic acid groups (broad SMARTS) is 1. The van der Waals surface area contributed by atoms with Crippen molar-refractivity contribution >= 4 is 57.2 Å². The monoisotopic (exact) mass is 192 g/mol. The van der Waals surface area contributed by atoms with E-state index >= 15 is 0 Å². The minimum absolute atomic E-state index is 0. The Balaban J connectivity index is 0. The van der Waals surface area contributed by atoms with Crippen LogP contribution in [0.25, 0.3) is 0 Å². The first-order valence-electron chi connectivity index (χ1n) is 1.84. The Hall–Kier alpha value is 0.621. The van der Waals surface area contributed by atoms with Crippen molar-refractivity contribution in [2.75, 3.05) is 0 Å². The summed E-state index contributed by atoms with van der Waals surface area (Å²) in [5, 5.41) is 7.86. The SMILES string of the molecule is CC(=O)CC(=O)O.[SrH2]. The zero-order chi connectivity index (χ0) is 5.86. The number of rotatable bonds is 2. The molecule has 8 heavy (non-hydrogen) atoms. The van der Waals surface area contributed by atoms with Crippen LogP contribution >= 0.6 is 0 Å². The molecule has 0 saturated heterocycles. The Morgan fingerprint density at radius 2 is 1.88 bits per heavy atom. The number of carbonyl (C=O) groups excluding carboxylic acids is 1. The van der Waals surface area contributed by atoms with Gasteiger partial charge in [0.25, 0.3) is 0 Å². The van der Waals surface area contributed by atoms with Gasteiger partial charge >= 0.3 is 51.5 Å². The summed E-state index contributed by atoms with van der Waals surface area (Å²) in [7, 11) is 0. The molecule has 0 fully saturated rings. The third kappa shape index (κ3) is 9.80. The molecule has 0 aliphatic carbocycles. The van der Waals surface area contributed by atoms with Gasteiger partial charge in [0.2, 0.25) is 0 Å². The number of carbonyl (C=O) groups is 2. The van der Waals surface area contributed by atoms with E-state index in [2.05, 4.69) is 0 Å². The predicted octanol–water partition coefficient (Wildman–Crippen LogP) is -0.866. The standard InChI is InChI=1S/C4H6O3.Sr.2H/c1-3(5)2-4(6)7;;;/h2H2,1H3,(H,6,7);;;. The van der Waals surface area contributed by atoms with E-state index in [1.807, 2.05) is 0 Å². The Kier molecular flexibility index (Phi) is 8.21. The molecule has 4 heteroatoms. The molecule has 0 heterocycles. The molecule has 0 atom stereocenters. The number of hydrogen-bond donors (Lipinski definition) is 1. The van der Waals surface area contributed by atoms with Gasteiger partial charge in [0.1, 0.15) is 12.2 Å². The molecule has 0 aromatic rings. The van der Waals surface area contributed by atoms with Crippen LogP contribution in [0.2, 0.25) is 0 Å². The van der Waals surface area contributed by atoms with Gasteiger partial charge < -0.3 is 5.11 Å². The van der Waals surface area contributed by atoms with Crippen LogP contribution in [0, 0.1) is 0 Å². The molecule has 0 aliphatic rings. The van der Waals surface area contributed by atoms with Crippen LogP contribution in [-0.4, -0.2) is 62.3 Å². The molecule has 44 valence electrons. The maximum atomic E-state index is 9.87. The summed E-state index contributed by atoms with van der Waals surface area (Å²) in [4.78, 5) is 19.5. The van der Waals surface area contributed by atoms with Crippen molar-refractivity contribution in [1.82, 2.24) is 0 Å². The van der Waals surface area contributed by atoms with Gasteiger partial charge in [-0.05, 0) is 6.92 Å². The number of hydrogen-bond acceptors (Lipinski definition) is 2. The summed E-state index contributed by atoms with van der Waals surface area (Å²) in [6.45, 7) is 1.24. The van der Waals surface area contributed by atoms with Crippen molar-refractivity contribution in [3.8, 4) is 0 Å². The van der Waals surface area contributed by atoms with Crippen LogP contribution in [0.1, 0.15) is 13.3 Å². The van der Waals surface area contributed by atoms with E-state index in [1.165, 1.54) is 6.92 Å². The van der Waals surface area contributed by atoms with E-state index < -0.39 is 5.97 Å². The molecule has 3 nitrogen and oxygen atoms in total. The molecule has 0 radical (unpaired) electrons. The number of carboxylic acids is 1. The molecule has 0 bridgehead atoms. The van der Waals surface area contributed by atoms with Gasteiger partial charge in [-0.25, -0.2) is 0 Å². The average Bonchev–Trinajstić information content (AvgIpc) is 1.27. The molecule has 0 saturated carbocycles. The second kappa shape index (κ2) is 5.75. The second-order valence-electron chi connectivity index (χ2n) is 1.27. The van der Waals surface area contributed by atoms with Gasteiger partial charge in [-0.1, -0.05) is 0 Å². The van der Waals surface area contributed by atoms with Crippen molar-refractivity contribution < 1.29 is 14.7 Å². The Morgan fingerprint density at radius 3 is 1.88 bits per heavy atom. The summed E-state index contributed by atoms with van der Waals surface area (Å²) in [6, 6.07) is 0. The molecule has 0 aliphatic heterocycles. The van der Waals surface area contributed by atoms with Crippen LogP contribution in [0.15, 0.2) is 0 Å². The molecular weight excluding hydrogens is 184 g/mol. The van der Waals surface area contributed by atoms with Crippen molar-refractivity contribution in [2.45, 2.75) is 13.3 Å². The van der Waals surface area contributed by atoms with Gasteiger partial charge in [-0.15, -0.1) is 0 Å². The molecule has 0 aromatic carbocycles. The van der Waals surface area contributed by atoms with Gasteiger partial charge in [-0.2, -0.15) is 0 Å². The molecule has 0 rings (SSSR count). The van der Waals surface area contributed by atoms with Crippen molar-refractivity contribution in [2.24, 2.45) is 0 Å². The Bertz CT molecular complexity index is 87.5. The van der Waals surface area contributed by atoms with E-state index in [1.54, 1.807) is 0 Å². The van der Waals surface area contributed by atoms with Crippen molar-refractivity contribution in [3.63, 3.8) is 0 Å². The van der Waals surface area contributed by atoms with Crippen molar-refractivity contribution in [3.05, 3.63) is 0 Å². The van der Waals surface area contributed by atoms with Crippen LogP contribution in [0.3, 0.4) is 0 Å². The van der Waals surface area contributed by atoms with Gasteiger partial charge in [0.15, 0.2) is 0 Å². The normalized spacial score (nSPS) is 7.12. The third-order valence-electron chi connectivity index (χ3n) is 0.400. The van der Waals surface area contributed by atoms with E-state index in [0.717, 1.165) is 0 Å². The fraction of sp³-hybridized carbons (Fsp3) is 0.500. The first kappa shape index (κ1) is 11.4. The van der Waals surface area contributed by atoms with Crippen molar-refractivity contribution in [1.29, 1.82) is 0 Å². The van der Waals surface area contributed by atoms with Gasteiger partial charge in [0.05, 0.1) is 0 Å². The minimum atomic E-state index is -1.06. The molecule has 0 amide bonds. The predicted molar refractivity (Wildman–Crippen MR) is 31.5 cm³/mol. The quantitative estimate of drug-likeness (QED) is 0.457. The van der Waals surface area contributed by atoms with E-state index in [9.17, 15) is 9.59 Å². The zero-order valence-corrected chi connectivity index (χ0v) is 3.97. The molecule has 0 spiro atoms. The van der Waals surface area contributed by atoms with Gasteiger partial charge in [-0.3, -0.25) is 9.59 Å². The number of Topliss-reactive ketones (excluding diaryl/α,β-unsaturated/α-hetero) is 1. The third-order valence-corrected chi connectivity index (χ3v) is 0.400. The summed E-state index contributed by atoms with van der Waals surface area (Å²) < 4.78 is 0.